The first kappa shape index (κ1) is 11.6. The smallest absolute Gasteiger partial charge is 0.507 e. The van der Waals surface area contributed by atoms with Crippen LogP contribution in [0.15, 0.2) is 46.4 Å². The number of allylic oxidation sites excluding steroid dienone is 1. The number of rotatable bonds is 4. The Hall–Kier alpha value is -0.905. The highest BCUT2D eigenvalue weighted by molar-refractivity contribution is 8.03. The monoisotopic (exact) mass is 236 g/mol. The molecule has 1 aromatic rings. The van der Waals surface area contributed by atoms with Gasteiger partial charge in [0.25, 0.3) is 0 Å². The molecule has 0 bridgehead atoms. The Bertz CT molecular complexity index is 350. The van der Waals surface area contributed by atoms with E-state index in [0.29, 0.717) is 13.2 Å². The molecular weight excluding hydrogens is 223 g/mol. The van der Waals surface area contributed by atoms with Crippen molar-refractivity contribution >= 4 is 19.1 Å². The second kappa shape index (κ2) is 5.99. The maximum Gasteiger partial charge on any atom is 0.713 e. The predicted molar refractivity (Wildman–Crippen MR) is 64.8 cm³/mol. The molecule has 0 aliphatic carbocycles. The highest BCUT2D eigenvalue weighted by Gasteiger charge is 2.29. The van der Waals surface area contributed by atoms with Gasteiger partial charge in [-0.3, -0.25) is 0 Å². The van der Waals surface area contributed by atoms with Gasteiger partial charge in [-0.1, -0.05) is 30.0 Å². The fourth-order valence-electron chi connectivity index (χ4n) is 1.26. The Balaban J connectivity index is 1.91. The lowest BCUT2D eigenvalue weighted by molar-refractivity contribution is 0.239. The van der Waals surface area contributed by atoms with Crippen LogP contribution in [0, 0.1) is 0 Å². The van der Waals surface area contributed by atoms with Gasteiger partial charge in [0.2, 0.25) is 0 Å². The van der Waals surface area contributed by atoms with Gasteiger partial charge < -0.3 is 14.0 Å². The molecule has 1 aliphatic rings. The van der Waals surface area contributed by atoms with Crippen LogP contribution in [-0.2, 0) is 14.0 Å². The van der Waals surface area contributed by atoms with Gasteiger partial charge in [0.05, 0.1) is 13.2 Å². The lowest BCUT2D eigenvalue weighted by Crippen LogP contribution is -2.18. The summed E-state index contributed by atoms with van der Waals surface area (Å²) < 4.78 is 16.0. The molecule has 0 saturated carbocycles. The van der Waals surface area contributed by atoms with Crippen molar-refractivity contribution in [1.82, 2.24) is 0 Å². The van der Waals surface area contributed by atoms with Crippen LogP contribution in [-0.4, -0.2) is 20.5 Å². The molecule has 2 rings (SSSR count). The van der Waals surface area contributed by atoms with Crippen LogP contribution >= 0.6 is 11.8 Å². The van der Waals surface area contributed by atoms with Crippen LogP contribution in [0.2, 0.25) is 0 Å². The van der Waals surface area contributed by atoms with Gasteiger partial charge in [-0.05, 0) is 25.1 Å². The SMILES string of the molecule is C/C=C(\OB1OCCO1)Sc1ccccc1. The van der Waals surface area contributed by atoms with Crippen LogP contribution < -0.4 is 0 Å². The summed E-state index contributed by atoms with van der Waals surface area (Å²) >= 11 is 1.55. The zero-order valence-corrected chi connectivity index (χ0v) is 9.91. The molecule has 0 amide bonds. The quantitative estimate of drug-likeness (QED) is 0.456. The minimum Gasteiger partial charge on any atom is -0.507 e. The lowest BCUT2D eigenvalue weighted by atomic mass is 10.2. The van der Waals surface area contributed by atoms with Crippen molar-refractivity contribution in [2.24, 2.45) is 0 Å². The van der Waals surface area contributed by atoms with Gasteiger partial charge in [-0.2, -0.15) is 0 Å². The third-order valence-electron chi connectivity index (χ3n) is 2.00. The van der Waals surface area contributed by atoms with E-state index in [4.69, 9.17) is 14.0 Å². The average molecular weight is 236 g/mol. The molecule has 1 fully saturated rings. The van der Waals surface area contributed by atoms with Crippen molar-refractivity contribution in [1.29, 1.82) is 0 Å². The molecule has 1 saturated heterocycles. The summed E-state index contributed by atoms with van der Waals surface area (Å²) in [5.74, 6) is 0. The molecular formula is C11H13BO3S. The highest BCUT2D eigenvalue weighted by atomic mass is 32.2. The molecule has 0 unspecified atom stereocenters. The van der Waals surface area contributed by atoms with Gasteiger partial charge in [-0.25, -0.2) is 0 Å². The first-order valence-electron chi connectivity index (χ1n) is 5.17. The Morgan fingerprint density at radius 3 is 2.62 bits per heavy atom. The summed E-state index contributed by atoms with van der Waals surface area (Å²) in [7, 11) is -0.553. The van der Waals surface area contributed by atoms with E-state index in [1.807, 2.05) is 43.3 Å². The number of benzene rings is 1. The Morgan fingerprint density at radius 1 is 1.31 bits per heavy atom. The van der Waals surface area contributed by atoms with E-state index in [1.54, 1.807) is 11.8 Å². The summed E-state index contributed by atoms with van der Waals surface area (Å²) in [6.07, 6.45) is 1.91. The molecule has 1 heterocycles. The molecule has 0 aromatic heterocycles. The molecule has 0 spiro atoms. The fourth-order valence-corrected chi connectivity index (χ4v) is 2.03. The van der Waals surface area contributed by atoms with Crippen LogP contribution in [0.3, 0.4) is 0 Å². The van der Waals surface area contributed by atoms with E-state index < -0.39 is 7.32 Å². The minimum atomic E-state index is -0.553. The van der Waals surface area contributed by atoms with E-state index in [2.05, 4.69) is 0 Å². The lowest BCUT2D eigenvalue weighted by Gasteiger charge is -2.10. The standard InChI is InChI=1S/C11H13BO3S/c1-2-11(15-12-13-8-9-14-12)16-10-6-4-3-5-7-10/h2-7H,8-9H2,1H3/b11-2+. The zero-order valence-electron chi connectivity index (χ0n) is 9.09. The molecule has 1 aliphatic heterocycles. The first-order valence-corrected chi connectivity index (χ1v) is 5.99. The molecule has 16 heavy (non-hydrogen) atoms. The van der Waals surface area contributed by atoms with Crippen molar-refractivity contribution in [2.75, 3.05) is 13.2 Å². The van der Waals surface area contributed by atoms with Crippen LogP contribution in [0.5, 0.6) is 0 Å². The largest absolute Gasteiger partial charge is 0.713 e. The highest BCUT2D eigenvalue weighted by Crippen LogP contribution is 2.28. The third kappa shape index (κ3) is 3.30. The van der Waals surface area contributed by atoms with E-state index in [9.17, 15) is 0 Å². The number of hydrogen-bond acceptors (Lipinski definition) is 4. The summed E-state index contributed by atoms with van der Waals surface area (Å²) in [5, 5.41) is 0.790. The van der Waals surface area contributed by atoms with Gasteiger partial charge in [-0.15, -0.1) is 0 Å². The third-order valence-corrected chi connectivity index (χ3v) is 3.04. The summed E-state index contributed by atoms with van der Waals surface area (Å²) in [6, 6.07) is 10.1. The molecule has 0 atom stereocenters. The van der Waals surface area contributed by atoms with Crippen molar-refractivity contribution in [3.63, 3.8) is 0 Å². The molecule has 1 aromatic carbocycles. The predicted octanol–water partition coefficient (Wildman–Crippen LogP) is 2.69. The maximum atomic E-state index is 5.54. The van der Waals surface area contributed by atoms with Crippen molar-refractivity contribution in [3.05, 3.63) is 41.5 Å². The minimum absolute atomic E-state index is 0.553. The van der Waals surface area contributed by atoms with E-state index in [1.165, 1.54) is 0 Å². The molecule has 5 heteroatoms. The fraction of sp³-hybridized carbons (Fsp3) is 0.273. The normalized spacial score (nSPS) is 16.6. The molecule has 0 radical (unpaired) electrons. The number of thioether (sulfide) groups is 1. The Kier molecular flexibility index (Phi) is 4.33. The molecule has 0 N–H and O–H groups in total. The topological polar surface area (TPSA) is 27.7 Å². The van der Waals surface area contributed by atoms with Gasteiger partial charge in [0.1, 0.15) is 5.09 Å². The number of hydrogen-bond donors (Lipinski definition) is 0. The summed E-state index contributed by atoms with van der Waals surface area (Å²) in [5.41, 5.74) is 0. The Labute approximate surface area is 100.0 Å². The zero-order chi connectivity index (χ0) is 11.2. The van der Waals surface area contributed by atoms with Crippen molar-refractivity contribution in [3.8, 4) is 0 Å². The molecule has 84 valence electrons. The van der Waals surface area contributed by atoms with Crippen molar-refractivity contribution in [2.45, 2.75) is 11.8 Å². The first-order chi connectivity index (χ1) is 7.88. The van der Waals surface area contributed by atoms with Crippen LogP contribution in [0.25, 0.3) is 0 Å². The average Bonchev–Trinajstić information content (AvgIpc) is 2.82. The van der Waals surface area contributed by atoms with Gasteiger partial charge >= 0.3 is 7.32 Å². The summed E-state index contributed by atoms with van der Waals surface area (Å²) in [4.78, 5) is 1.13. The molecule has 3 nitrogen and oxygen atoms in total. The van der Waals surface area contributed by atoms with Crippen LogP contribution in [0.1, 0.15) is 6.92 Å². The van der Waals surface area contributed by atoms with E-state index >= 15 is 0 Å². The van der Waals surface area contributed by atoms with E-state index in [-0.39, 0.29) is 0 Å². The van der Waals surface area contributed by atoms with Gasteiger partial charge in [0, 0.05) is 4.90 Å². The van der Waals surface area contributed by atoms with Crippen LogP contribution in [0.4, 0.5) is 0 Å². The second-order valence-corrected chi connectivity index (χ2v) is 4.25. The van der Waals surface area contributed by atoms with Gasteiger partial charge in [0.15, 0.2) is 0 Å². The van der Waals surface area contributed by atoms with E-state index in [0.717, 1.165) is 9.99 Å². The van der Waals surface area contributed by atoms with Crippen molar-refractivity contribution < 1.29 is 14.0 Å². The second-order valence-electron chi connectivity index (χ2n) is 3.17. The maximum absolute atomic E-state index is 5.54. The summed E-state index contributed by atoms with van der Waals surface area (Å²) in [6.45, 7) is 3.12. The Morgan fingerprint density at radius 2 is 2.00 bits per heavy atom.